The van der Waals surface area contributed by atoms with Crippen molar-refractivity contribution in [3.63, 3.8) is 0 Å². The first-order valence-corrected chi connectivity index (χ1v) is 8.85. The third-order valence-electron chi connectivity index (χ3n) is 4.32. The van der Waals surface area contributed by atoms with Gasteiger partial charge in [-0.2, -0.15) is 4.80 Å². The van der Waals surface area contributed by atoms with E-state index in [1.807, 2.05) is 36.4 Å². The number of fused-ring (bicyclic) bond motifs is 1. The Morgan fingerprint density at radius 1 is 0.917 bits per heavy atom. The zero-order valence-electron chi connectivity index (χ0n) is 14.2. The zero-order chi connectivity index (χ0) is 16.8. The minimum atomic E-state index is -0.252. The van der Waals surface area contributed by atoms with Crippen molar-refractivity contribution in [3.8, 4) is 5.69 Å². The van der Waals surface area contributed by atoms with Crippen LogP contribution in [0.2, 0.25) is 0 Å². The predicted molar refractivity (Wildman–Crippen MR) is 97.3 cm³/mol. The summed E-state index contributed by atoms with van der Waals surface area (Å²) >= 11 is 0. The average molecular weight is 323 g/mol. The van der Waals surface area contributed by atoms with Gasteiger partial charge in [0.1, 0.15) is 11.0 Å². The fourth-order valence-electron chi connectivity index (χ4n) is 2.92. The highest BCUT2D eigenvalue weighted by molar-refractivity contribution is 5.73. The van der Waals surface area contributed by atoms with Gasteiger partial charge in [0, 0.05) is 0 Å². The van der Waals surface area contributed by atoms with Crippen molar-refractivity contribution in [1.29, 1.82) is 0 Å². The Bertz CT molecular complexity index is 731. The van der Waals surface area contributed by atoms with Crippen LogP contribution in [0.5, 0.6) is 0 Å². The molecule has 0 amide bonds. The van der Waals surface area contributed by atoms with Gasteiger partial charge >= 0.3 is 0 Å². The van der Waals surface area contributed by atoms with Crippen LogP contribution in [-0.2, 0) is 6.42 Å². The second kappa shape index (κ2) is 8.06. The second-order valence-corrected chi connectivity index (χ2v) is 6.35. The summed E-state index contributed by atoms with van der Waals surface area (Å²) in [6, 6.07) is 16.0. The summed E-state index contributed by atoms with van der Waals surface area (Å²) in [6.45, 7) is 2.20. The van der Waals surface area contributed by atoms with Crippen molar-refractivity contribution in [1.82, 2.24) is 15.0 Å². The lowest BCUT2D eigenvalue weighted by Crippen LogP contribution is -2.10. The normalized spacial score (nSPS) is 12.6. The monoisotopic (exact) mass is 323 g/mol. The third kappa shape index (κ3) is 4.20. The minimum Gasteiger partial charge on any atom is -0.393 e. The SMILES string of the molecule is CCCCCCC(O)Cc1ccc(-n2nc3ccccc3n2)cc1. The number of rotatable bonds is 8. The molecule has 126 valence electrons. The van der Waals surface area contributed by atoms with Crippen molar-refractivity contribution in [2.75, 3.05) is 0 Å². The summed E-state index contributed by atoms with van der Waals surface area (Å²) in [5.74, 6) is 0. The first kappa shape index (κ1) is 16.7. The highest BCUT2D eigenvalue weighted by Crippen LogP contribution is 2.15. The van der Waals surface area contributed by atoms with Crippen LogP contribution in [0.25, 0.3) is 16.7 Å². The molecule has 0 spiro atoms. The highest BCUT2D eigenvalue weighted by atomic mass is 16.3. The number of hydrogen-bond acceptors (Lipinski definition) is 3. The van der Waals surface area contributed by atoms with Gasteiger partial charge in [0.15, 0.2) is 0 Å². The van der Waals surface area contributed by atoms with E-state index >= 15 is 0 Å². The Morgan fingerprint density at radius 2 is 1.58 bits per heavy atom. The Hall–Kier alpha value is -2.20. The quantitative estimate of drug-likeness (QED) is 0.629. The fraction of sp³-hybridized carbons (Fsp3) is 0.400. The molecule has 0 aliphatic rings. The number of aliphatic hydroxyl groups excluding tert-OH is 1. The Morgan fingerprint density at radius 3 is 2.21 bits per heavy atom. The van der Waals surface area contributed by atoms with Gasteiger partial charge < -0.3 is 5.11 Å². The topological polar surface area (TPSA) is 50.9 Å². The summed E-state index contributed by atoms with van der Waals surface area (Å²) in [5.41, 5.74) is 3.87. The molecule has 0 aliphatic heterocycles. The molecule has 4 heteroatoms. The zero-order valence-corrected chi connectivity index (χ0v) is 14.2. The molecular formula is C20H25N3O. The molecule has 0 radical (unpaired) electrons. The summed E-state index contributed by atoms with van der Waals surface area (Å²) in [4.78, 5) is 1.66. The van der Waals surface area contributed by atoms with E-state index in [0.717, 1.165) is 35.1 Å². The summed E-state index contributed by atoms with van der Waals surface area (Å²) in [5, 5.41) is 19.1. The number of aliphatic hydroxyl groups is 1. The molecule has 0 fully saturated rings. The van der Waals surface area contributed by atoms with E-state index in [2.05, 4.69) is 29.3 Å². The van der Waals surface area contributed by atoms with E-state index in [4.69, 9.17) is 0 Å². The standard InChI is InChI=1S/C20H25N3O/c1-2-3-4-5-8-18(24)15-16-11-13-17(14-12-16)23-21-19-9-6-7-10-20(19)22-23/h6-7,9-14,18,24H,2-5,8,15H2,1H3. The average Bonchev–Trinajstić information content (AvgIpc) is 3.03. The van der Waals surface area contributed by atoms with E-state index < -0.39 is 0 Å². The molecule has 3 rings (SSSR count). The molecule has 24 heavy (non-hydrogen) atoms. The lowest BCUT2D eigenvalue weighted by molar-refractivity contribution is 0.161. The number of hydrogen-bond donors (Lipinski definition) is 1. The van der Waals surface area contributed by atoms with Gasteiger partial charge in [0.25, 0.3) is 0 Å². The van der Waals surface area contributed by atoms with Crippen LogP contribution in [0.1, 0.15) is 44.6 Å². The lowest BCUT2D eigenvalue weighted by Gasteiger charge is -2.10. The molecule has 1 heterocycles. The molecule has 1 atom stereocenters. The first-order valence-electron chi connectivity index (χ1n) is 8.85. The predicted octanol–water partition coefficient (Wildman–Crippen LogP) is 4.29. The van der Waals surface area contributed by atoms with Crippen molar-refractivity contribution < 1.29 is 5.11 Å². The van der Waals surface area contributed by atoms with Gasteiger partial charge in [-0.1, -0.05) is 56.9 Å². The molecule has 1 aromatic heterocycles. The number of aromatic nitrogens is 3. The van der Waals surface area contributed by atoms with Crippen LogP contribution in [0, 0.1) is 0 Å². The van der Waals surface area contributed by atoms with E-state index in [-0.39, 0.29) is 6.10 Å². The molecule has 0 aliphatic carbocycles. The number of benzene rings is 2. The van der Waals surface area contributed by atoms with E-state index in [1.165, 1.54) is 19.3 Å². The van der Waals surface area contributed by atoms with Crippen molar-refractivity contribution in [2.45, 2.75) is 51.6 Å². The van der Waals surface area contributed by atoms with Gasteiger partial charge in [0.05, 0.1) is 11.8 Å². The maximum Gasteiger partial charge on any atom is 0.113 e. The Labute approximate surface area is 143 Å². The van der Waals surface area contributed by atoms with Crippen LogP contribution in [0.15, 0.2) is 48.5 Å². The van der Waals surface area contributed by atoms with Gasteiger partial charge in [0.2, 0.25) is 0 Å². The van der Waals surface area contributed by atoms with Crippen LogP contribution in [0.4, 0.5) is 0 Å². The molecule has 0 bridgehead atoms. The largest absolute Gasteiger partial charge is 0.393 e. The first-order chi connectivity index (χ1) is 11.8. The molecule has 0 saturated carbocycles. The van der Waals surface area contributed by atoms with Crippen molar-refractivity contribution in [3.05, 3.63) is 54.1 Å². The van der Waals surface area contributed by atoms with Crippen LogP contribution >= 0.6 is 0 Å². The summed E-state index contributed by atoms with van der Waals surface area (Å²) < 4.78 is 0. The Balaban J connectivity index is 1.60. The van der Waals surface area contributed by atoms with Gasteiger partial charge in [-0.05, 0) is 42.7 Å². The molecular weight excluding hydrogens is 298 g/mol. The van der Waals surface area contributed by atoms with Crippen molar-refractivity contribution >= 4 is 11.0 Å². The Kier molecular flexibility index (Phi) is 5.59. The maximum absolute atomic E-state index is 10.2. The van der Waals surface area contributed by atoms with Crippen LogP contribution in [0.3, 0.4) is 0 Å². The molecule has 1 N–H and O–H groups in total. The molecule has 0 saturated heterocycles. The van der Waals surface area contributed by atoms with Gasteiger partial charge in [-0.25, -0.2) is 0 Å². The van der Waals surface area contributed by atoms with E-state index in [0.29, 0.717) is 6.42 Å². The maximum atomic E-state index is 10.2. The third-order valence-corrected chi connectivity index (χ3v) is 4.32. The second-order valence-electron chi connectivity index (χ2n) is 6.35. The van der Waals surface area contributed by atoms with Gasteiger partial charge in [-0.3, -0.25) is 0 Å². The molecule has 4 nitrogen and oxygen atoms in total. The number of nitrogens with zero attached hydrogens (tertiary/aromatic N) is 3. The smallest absolute Gasteiger partial charge is 0.113 e. The van der Waals surface area contributed by atoms with Crippen molar-refractivity contribution in [2.24, 2.45) is 0 Å². The lowest BCUT2D eigenvalue weighted by atomic mass is 10.0. The minimum absolute atomic E-state index is 0.252. The molecule has 1 unspecified atom stereocenters. The fourth-order valence-corrected chi connectivity index (χ4v) is 2.92. The van der Waals surface area contributed by atoms with Crippen LogP contribution in [-0.4, -0.2) is 26.2 Å². The number of unbranched alkanes of at least 4 members (excludes halogenated alkanes) is 3. The summed E-state index contributed by atoms with van der Waals surface area (Å²) in [7, 11) is 0. The highest BCUT2D eigenvalue weighted by Gasteiger charge is 2.07. The molecule has 3 aromatic rings. The molecule has 2 aromatic carbocycles. The van der Waals surface area contributed by atoms with Gasteiger partial charge in [-0.15, -0.1) is 10.2 Å². The van der Waals surface area contributed by atoms with E-state index in [9.17, 15) is 5.11 Å². The van der Waals surface area contributed by atoms with E-state index in [1.54, 1.807) is 4.80 Å². The van der Waals surface area contributed by atoms with Crippen LogP contribution < -0.4 is 0 Å². The summed E-state index contributed by atoms with van der Waals surface area (Å²) in [6.07, 6.45) is 6.15.